The molecule has 3 aromatic rings. The van der Waals surface area contributed by atoms with Crippen molar-refractivity contribution >= 4 is 40.6 Å². The Bertz CT molecular complexity index is 1040. The van der Waals surface area contributed by atoms with Crippen LogP contribution in [0.1, 0.15) is 5.56 Å². The van der Waals surface area contributed by atoms with Crippen LogP contribution in [-0.2, 0) is 4.79 Å². The second kappa shape index (κ2) is 6.82. The number of amides is 2. The fourth-order valence-electron chi connectivity index (χ4n) is 2.63. The highest BCUT2D eigenvalue weighted by atomic mass is 35.5. The van der Waals surface area contributed by atoms with E-state index in [9.17, 15) is 9.59 Å². The molecular formula is C19H12ClN3O2S. The van der Waals surface area contributed by atoms with Gasteiger partial charge < -0.3 is 0 Å². The average Bonchev–Trinajstić information content (AvgIpc) is 3.19. The largest absolute Gasteiger partial charge is 0.290 e. The minimum absolute atomic E-state index is 0.339. The minimum Gasteiger partial charge on any atom is -0.282 e. The molecule has 0 bridgehead atoms. The number of aromatic nitrogens is 2. The first-order valence-electron chi connectivity index (χ1n) is 7.76. The van der Waals surface area contributed by atoms with Gasteiger partial charge in [0.1, 0.15) is 5.69 Å². The van der Waals surface area contributed by atoms with Crippen LogP contribution < -0.4 is 5.32 Å². The Labute approximate surface area is 158 Å². The van der Waals surface area contributed by atoms with E-state index in [-0.39, 0.29) is 5.24 Å². The lowest BCUT2D eigenvalue weighted by molar-refractivity contribution is -0.115. The van der Waals surface area contributed by atoms with Gasteiger partial charge in [0.2, 0.25) is 0 Å². The predicted molar refractivity (Wildman–Crippen MR) is 103 cm³/mol. The van der Waals surface area contributed by atoms with Crippen LogP contribution in [0.5, 0.6) is 0 Å². The van der Waals surface area contributed by atoms with E-state index in [4.69, 9.17) is 11.6 Å². The summed E-state index contributed by atoms with van der Waals surface area (Å²) in [5.74, 6) is -0.399. The lowest BCUT2D eigenvalue weighted by Crippen LogP contribution is -2.17. The van der Waals surface area contributed by atoms with E-state index >= 15 is 0 Å². The third kappa shape index (κ3) is 3.29. The molecule has 7 heteroatoms. The summed E-state index contributed by atoms with van der Waals surface area (Å²) in [6.07, 6.45) is 3.50. The van der Waals surface area contributed by atoms with Gasteiger partial charge in [0.15, 0.2) is 0 Å². The molecule has 1 N–H and O–H groups in total. The molecule has 0 atom stereocenters. The van der Waals surface area contributed by atoms with Gasteiger partial charge in [-0.2, -0.15) is 5.10 Å². The van der Waals surface area contributed by atoms with Crippen molar-refractivity contribution in [2.75, 3.05) is 0 Å². The zero-order chi connectivity index (χ0) is 18.1. The summed E-state index contributed by atoms with van der Waals surface area (Å²) in [6.45, 7) is 0. The lowest BCUT2D eigenvalue weighted by Gasteiger charge is -2.01. The van der Waals surface area contributed by atoms with Crippen LogP contribution in [0.25, 0.3) is 23.0 Å². The maximum atomic E-state index is 11.9. The summed E-state index contributed by atoms with van der Waals surface area (Å²) >= 11 is 7.00. The molecule has 128 valence electrons. The quantitative estimate of drug-likeness (QED) is 0.677. The lowest BCUT2D eigenvalue weighted by atomic mass is 10.1. The van der Waals surface area contributed by atoms with Gasteiger partial charge in [0.05, 0.1) is 10.6 Å². The van der Waals surface area contributed by atoms with E-state index in [1.807, 2.05) is 54.7 Å². The Morgan fingerprint density at radius 1 is 1.08 bits per heavy atom. The molecule has 2 heterocycles. The molecular weight excluding hydrogens is 370 g/mol. The summed E-state index contributed by atoms with van der Waals surface area (Å²) < 4.78 is 1.74. The third-order valence-corrected chi connectivity index (χ3v) is 4.84. The van der Waals surface area contributed by atoms with Crippen molar-refractivity contribution in [1.82, 2.24) is 15.1 Å². The van der Waals surface area contributed by atoms with Gasteiger partial charge in [-0.15, -0.1) is 0 Å². The van der Waals surface area contributed by atoms with Gasteiger partial charge in [-0.25, -0.2) is 4.68 Å². The van der Waals surface area contributed by atoms with E-state index in [2.05, 4.69) is 10.4 Å². The first kappa shape index (κ1) is 16.6. The smallest absolute Gasteiger partial charge is 0.282 e. The first-order chi connectivity index (χ1) is 12.6. The van der Waals surface area contributed by atoms with Crippen LogP contribution in [0, 0.1) is 0 Å². The number of halogens is 1. The molecule has 1 saturated heterocycles. The van der Waals surface area contributed by atoms with E-state index in [1.165, 1.54) is 0 Å². The standard InChI is InChI=1S/C19H12ClN3O2S/c20-14-6-4-5-12(9-14)17-13(10-16-18(24)21-19(25)26-16)11-23(22-17)15-7-2-1-3-8-15/h1-11H,(H,21,24,25)/b16-10-. The van der Waals surface area contributed by atoms with Crippen molar-refractivity contribution in [1.29, 1.82) is 0 Å². The third-order valence-electron chi connectivity index (χ3n) is 3.79. The number of thioether (sulfide) groups is 1. The van der Waals surface area contributed by atoms with E-state index in [1.54, 1.807) is 16.8 Å². The number of nitrogens with one attached hydrogen (secondary N) is 1. The molecule has 4 rings (SSSR count). The molecule has 2 aromatic carbocycles. The maximum Gasteiger partial charge on any atom is 0.290 e. The number of para-hydroxylation sites is 1. The number of carbonyl (C=O) groups excluding carboxylic acids is 2. The van der Waals surface area contributed by atoms with Crippen molar-refractivity contribution in [2.24, 2.45) is 0 Å². The van der Waals surface area contributed by atoms with Gasteiger partial charge >= 0.3 is 0 Å². The molecule has 0 radical (unpaired) electrons. The number of hydrogen-bond donors (Lipinski definition) is 1. The Balaban J connectivity index is 1.86. The van der Waals surface area contributed by atoms with E-state index in [0.29, 0.717) is 15.6 Å². The zero-order valence-corrected chi connectivity index (χ0v) is 14.9. The molecule has 0 unspecified atom stereocenters. The fraction of sp³-hybridized carbons (Fsp3) is 0. The monoisotopic (exact) mass is 381 g/mol. The predicted octanol–water partition coefficient (Wildman–Crippen LogP) is 4.52. The topological polar surface area (TPSA) is 64.0 Å². The number of benzene rings is 2. The zero-order valence-electron chi connectivity index (χ0n) is 13.3. The number of hydrogen-bond acceptors (Lipinski definition) is 4. The fourth-order valence-corrected chi connectivity index (χ4v) is 3.49. The number of rotatable bonds is 3. The van der Waals surface area contributed by atoms with Gasteiger partial charge in [0, 0.05) is 22.3 Å². The number of carbonyl (C=O) groups is 2. The van der Waals surface area contributed by atoms with Crippen molar-refractivity contribution in [3.05, 3.63) is 76.3 Å². The highest BCUT2D eigenvalue weighted by Crippen LogP contribution is 2.31. The summed E-state index contributed by atoms with van der Waals surface area (Å²) in [6, 6.07) is 17.0. The molecule has 0 spiro atoms. The maximum absolute atomic E-state index is 11.9. The second-order valence-corrected chi connectivity index (χ2v) is 7.03. The molecule has 0 aliphatic carbocycles. The highest BCUT2D eigenvalue weighted by Gasteiger charge is 2.26. The molecule has 5 nitrogen and oxygen atoms in total. The van der Waals surface area contributed by atoms with Crippen LogP contribution in [-0.4, -0.2) is 20.9 Å². The van der Waals surface area contributed by atoms with Gasteiger partial charge in [0.25, 0.3) is 11.1 Å². The molecule has 1 aliphatic rings. The van der Waals surface area contributed by atoms with Crippen LogP contribution >= 0.6 is 23.4 Å². The normalized spacial score (nSPS) is 15.5. The van der Waals surface area contributed by atoms with Gasteiger partial charge in [-0.05, 0) is 42.1 Å². The SMILES string of the molecule is O=C1NC(=O)/C(=C/c2cn(-c3ccccc3)nc2-c2cccc(Cl)c2)S1. The van der Waals surface area contributed by atoms with E-state index in [0.717, 1.165) is 28.6 Å². The van der Waals surface area contributed by atoms with Crippen LogP contribution in [0.15, 0.2) is 65.7 Å². The Hall–Kier alpha value is -2.83. The second-order valence-electron chi connectivity index (χ2n) is 5.58. The van der Waals surface area contributed by atoms with Crippen LogP contribution in [0.2, 0.25) is 5.02 Å². The van der Waals surface area contributed by atoms with Gasteiger partial charge in [-0.3, -0.25) is 14.9 Å². The minimum atomic E-state index is -0.399. The van der Waals surface area contributed by atoms with Crippen molar-refractivity contribution in [3.63, 3.8) is 0 Å². The molecule has 1 aliphatic heterocycles. The molecule has 0 saturated carbocycles. The first-order valence-corrected chi connectivity index (χ1v) is 8.95. The summed E-state index contributed by atoms with van der Waals surface area (Å²) in [5, 5.41) is 7.15. The molecule has 1 fully saturated rings. The van der Waals surface area contributed by atoms with E-state index < -0.39 is 5.91 Å². The Kier molecular flexibility index (Phi) is 4.36. The number of nitrogens with zero attached hydrogens (tertiary/aromatic N) is 2. The van der Waals surface area contributed by atoms with Crippen LogP contribution in [0.3, 0.4) is 0 Å². The summed E-state index contributed by atoms with van der Waals surface area (Å²) in [4.78, 5) is 23.7. The Morgan fingerprint density at radius 3 is 2.58 bits per heavy atom. The van der Waals surface area contributed by atoms with Crippen molar-refractivity contribution in [2.45, 2.75) is 0 Å². The number of imide groups is 1. The Morgan fingerprint density at radius 2 is 1.88 bits per heavy atom. The average molecular weight is 382 g/mol. The summed E-state index contributed by atoms with van der Waals surface area (Å²) in [5.41, 5.74) is 3.12. The van der Waals surface area contributed by atoms with Crippen molar-refractivity contribution < 1.29 is 9.59 Å². The molecule has 26 heavy (non-hydrogen) atoms. The molecule has 2 amide bonds. The van der Waals surface area contributed by atoms with Crippen molar-refractivity contribution in [3.8, 4) is 16.9 Å². The summed E-state index contributed by atoms with van der Waals surface area (Å²) in [7, 11) is 0. The molecule has 1 aromatic heterocycles. The van der Waals surface area contributed by atoms with Gasteiger partial charge in [-0.1, -0.05) is 41.9 Å². The van der Waals surface area contributed by atoms with Crippen LogP contribution in [0.4, 0.5) is 4.79 Å². The highest BCUT2D eigenvalue weighted by molar-refractivity contribution is 8.18.